The summed E-state index contributed by atoms with van der Waals surface area (Å²) in [5.74, 6) is -0.861. The molecule has 1 atom stereocenters. The maximum absolute atomic E-state index is 12.7. The van der Waals surface area contributed by atoms with Crippen molar-refractivity contribution in [2.24, 2.45) is 5.92 Å². The summed E-state index contributed by atoms with van der Waals surface area (Å²) in [5, 5.41) is 2.63. The standard InChI is InChI=1S/C16H19F3N4O2/c1-3-6-23-9-11(8-14(23)24)15(25)20-5-4-13-21-10(2)7-12(22-13)16(17,18)19/h3,7,11H,1,4-6,8-9H2,2H3,(H,20,25)/t11-/m0/s1. The van der Waals surface area contributed by atoms with Gasteiger partial charge in [0.25, 0.3) is 0 Å². The first-order chi connectivity index (χ1) is 11.7. The molecule has 0 spiro atoms. The van der Waals surface area contributed by atoms with Crippen LogP contribution in [0.3, 0.4) is 0 Å². The molecule has 0 radical (unpaired) electrons. The first-order valence-electron chi connectivity index (χ1n) is 7.79. The van der Waals surface area contributed by atoms with Crippen LogP contribution in [0.15, 0.2) is 18.7 Å². The van der Waals surface area contributed by atoms with Gasteiger partial charge in [-0.15, -0.1) is 6.58 Å². The Bertz CT molecular complexity index is 676. The molecule has 1 fully saturated rings. The number of rotatable bonds is 6. The Balaban J connectivity index is 1.89. The molecular formula is C16H19F3N4O2. The number of carbonyl (C=O) groups excluding carboxylic acids is 2. The van der Waals surface area contributed by atoms with Crippen LogP contribution in [-0.2, 0) is 22.2 Å². The summed E-state index contributed by atoms with van der Waals surface area (Å²) in [6.07, 6.45) is -2.75. The number of aryl methyl sites for hydroxylation is 1. The normalized spacial score (nSPS) is 17.7. The molecule has 0 saturated carbocycles. The number of alkyl halides is 3. The summed E-state index contributed by atoms with van der Waals surface area (Å²) < 4.78 is 38.2. The van der Waals surface area contributed by atoms with E-state index in [0.717, 1.165) is 6.07 Å². The van der Waals surface area contributed by atoms with Crippen LogP contribution >= 0.6 is 0 Å². The van der Waals surface area contributed by atoms with Gasteiger partial charge in [0.05, 0.1) is 5.92 Å². The van der Waals surface area contributed by atoms with Crippen molar-refractivity contribution in [1.82, 2.24) is 20.2 Å². The second-order valence-corrected chi connectivity index (χ2v) is 5.84. The van der Waals surface area contributed by atoms with Crippen molar-refractivity contribution in [2.75, 3.05) is 19.6 Å². The van der Waals surface area contributed by atoms with Crippen LogP contribution in [0.5, 0.6) is 0 Å². The lowest BCUT2D eigenvalue weighted by Crippen LogP contribution is -2.34. The van der Waals surface area contributed by atoms with Crippen molar-refractivity contribution in [3.63, 3.8) is 0 Å². The predicted octanol–water partition coefficient (Wildman–Crippen LogP) is 1.50. The summed E-state index contributed by atoms with van der Waals surface area (Å²) in [5.41, 5.74) is -0.784. The maximum atomic E-state index is 12.7. The minimum Gasteiger partial charge on any atom is -0.355 e. The lowest BCUT2D eigenvalue weighted by Gasteiger charge is -2.14. The van der Waals surface area contributed by atoms with Gasteiger partial charge in [0.15, 0.2) is 0 Å². The summed E-state index contributed by atoms with van der Waals surface area (Å²) in [6.45, 7) is 5.82. The van der Waals surface area contributed by atoms with Crippen molar-refractivity contribution in [1.29, 1.82) is 0 Å². The molecule has 1 N–H and O–H groups in total. The van der Waals surface area contributed by atoms with Crippen LogP contribution in [0.25, 0.3) is 0 Å². The van der Waals surface area contributed by atoms with Gasteiger partial charge in [-0.2, -0.15) is 13.2 Å². The highest BCUT2D eigenvalue weighted by Gasteiger charge is 2.34. The van der Waals surface area contributed by atoms with Gasteiger partial charge in [0.2, 0.25) is 11.8 Å². The topological polar surface area (TPSA) is 75.2 Å². The first-order valence-corrected chi connectivity index (χ1v) is 7.79. The van der Waals surface area contributed by atoms with Crippen LogP contribution < -0.4 is 5.32 Å². The molecule has 0 aliphatic carbocycles. The highest BCUT2D eigenvalue weighted by molar-refractivity contribution is 5.89. The number of aromatic nitrogens is 2. The van der Waals surface area contributed by atoms with Gasteiger partial charge in [0, 0.05) is 38.2 Å². The van der Waals surface area contributed by atoms with Crippen molar-refractivity contribution in [2.45, 2.75) is 25.9 Å². The van der Waals surface area contributed by atoms with E-state index in [-0.39, 0.29) is 42.7 Å². The number of hydrogen-bond acceptors (Lipinski definition) is 4. The largest absolute Gasteiger partial charge is 0.433 e. The molecule has 25 heavy (non-hydrogen) atoms. The smallest absolute Gasteiger partial charge is 0.355 e. The SMILES string of the molecule is C=CCN1C[C@@H](C(=O)NCCc2nc(C)cc(C(F)(F)F)n2)CC1=O. The summed E-state index contributed by atoms with van der Waals surface area (Å²) >= 11 is 0. The summed E-state index contributed by atoms with van der Waals surface area (Å²) in [6, 6.07) is 0.875. The Kier molecular flexibility index (Phi) is 5.76. The van der Waals surface area contributed by atoms with Gasteiger partial charge in [-0.1, -0.05) is 6.08 Å². The van der Waals surface area contributed by atoms with Gasteiger partial charge in [-0.05, 0) is 13.0 Å². The fourth-order valence-electron chi connectivity index (χ4n) is 2.61. The van der Waals surface area contributed by atoms with Gasteiger partial charge < -0.3 is 10.2 Å². The molecule has 1 aromatic rings. The van der Waals surface area contributed by atoms with E-state index in [9.17, 15) is 22.8 Å². The monoisotopic (exact) mass is 356 g/mol. The average molecular weight is 356 g/mol. The van der Waals surface area contributed by atoms with E-state index in [1.54, 1.807) is 6.08 Å². The van der Waals surface area contributed by atoms with Gasteiger partial charge in [-0.3, -0.25) is 9.59 Å². The van der Waals surface area contributed by atoms with Gasteiger partial charge >= 0.3 is 6.18 Å². The highest BCUT2D eigenvalue weighted by atomic mass is 19.4. The minimum absolute atomic E-state index is 0.0170. The number of nitrogens with one attached hydrogen (secondary N) is 1. The Morgan fingerprint density at radius 2 is 2.20 bits per heavy atom. The molecular weight excluding hydrogens is 337 g/mol. The number of likely N-dealkylation sites (tertiary alicyclic amines) is 1. The number of halogens is 3. The number of carbonyl (C=O) groups is 2. The Hall–Kier alpha value is -2.45. The van der Waals surface area contributed by atoms with Crippen molar-refractivity contribution in [3.05, 3.63) is 35.9 Å². The van der Waals surface area contributed by atoms with Gasteiger partial charge in [-0.25, -0.2) is 9.97 Å². The average Bonchev–Trinajstić information content (AvgIpc) is 2.87. The molecule has 1 saturated heterocycles. The van der Waals surface area contributed by atoms with E-state index < -0.39 is 17.8 Å². The predicted molar refractivity (Wildman–Crippen MR) is 83.4 cm³/mol. The van der Waals surface area contributed by atoms with Crippen LogP contribution in [0.1, 0.15) is 23.6 Å². The molecule has 1 aromatic heterocycles. The third-order valence-corrected chi connectivity index (χ3v) is 3.77. The molecule has 2 heterocycles. The van der Waals surface area contributed by atoms with E-state index in [1.165, 1.54) is 11.8 Å². The quantitative estimate of drug-likeness (QED) is 0.784. The first kappa shape index (κ1) is 18.9. The Labute approximate surface area is 143 Å². The Morgan fingerprint density at radius 3 is 2.84 bits per heavy atom. The number of nitrogens with zero attached hydrogens (tertiary/aromatic N) is 3. The van der Waals surface area contributed by atoms with Crippen molar-refractivity contribution >= 4 is 11.8 Å². The van der Waals surface area contributed by atoms with Crippen molar-refractivity contribution < 1.29 is 22.8 Å². The zero-order chi connectivity index (χ0) is 18.6. The van der Waals surface area contributed by atoms with Crippen LogP contribution in [0.2, 0.25) is 0 Å². The fourth-order valence-corrected chi connectivity index (χ4v) is 2.61. The van der Waals surface area contributed by atoms with E-state index in [0.29, 0.717) is 13.1 Å². The van der Waals surface area contributed by atoms with E-state index in [1.807, 2.05) is 0 Å². The summed E-state index contributed by atoms with van der Waals surface area (Å²) in [7, 11) is 0. The Morgan fingerprint density at radius 1 is 1.48 bits per heavy atom. The molecule has 136 valence electrons. The van der Waals surface area contributed by atoms with Crippen LogP contribution in [0.4, 0.5) is 13.2 Å². The number of amides is 2. The number of hydrogen-bond donors (Lipinski definition) is 1. The third-order valence-electron chi connectivity index (χ3n) is 3.77. The molecule has 1 aliphatic rings. The van der Waals surface area contributed by atoms with E-state index in [4.69, 9.17) is 0 Å². The van der Waals surface area contributed by atoms with Crippen molar-refractivity contribution in [3.8, 4) is 0 Å². The molecule has 1 aliphatic heterocycles. The zero-order valence-corrected chi connectivity index (χ0v) is 13.8. The molecule has 9 heteroatoms. The third kappa shape index (κ3) is 5.01. The molecule has 2 amide bonds. The molecule has 0 unspecified atom stereocenters. The lowest BCUT2D eigenvalue weighted by atomic mass is 10.1. The molecule has 0 aromatic carbocycles. The highest BCUT2D eigenvalue weighted by Crippen LogP contribution is 2.27. The molecule has 2 rings (SSSR count). The minimum atomic E-state index is -4.54. The lowest BCUT2D eigenvalue weighted by molar-refractivity contribution is -0.141. The summed E-state index contributed by atoms with van der Waals surface area (Å²) in [4.78, 5) is 32.8. The second-order valence-electron chi connectivity index (χ2n) is 5.84. The molecule has 0 bridgehead atoms. The van der Waals surface area contributed by atoms with E-state index >= 15 is 0 Å². The molecule has 6 nitrogen and oxygen atoms in total. The van der Waals surface area contributed by atoms with E-state index in [2.05, 4.69) is 21.9 Å². The van der Waals surface area contributed by atoms with Gasteiger partial charge in [0.1, 0.15) is 11.5 Å². The zero-order valence-electron chi connectivity index (χ0n) is 13.8. The maximum Gasteiger partial charge on any atom is 0.433 e. The van der Waals surface area contributed by atoms with Crippen LogP contribution in [0, 0.1) is 12.8 Å². The second kappa shape index (κ2) is 7.62. The van der Waals surface area contributed by atoms with Crippen LogP contribution in [-0.4, -0.2) is 46.3 Å². The fraction of sp³-hybridized carbons (Fsp3) is 0.500.